The lowest BCUT2D eigenvalue weighted by Gasteiger charge is -2.51. The molecule has 1 saturated heterocycles. The van der Waals surface area contributed by atoms with Crippen LogP contribution in [0.1, 0.15) is 233 Å². The van der Waals surface area contributed by atoms with Gasteiger partial charge in [-0.25, -0.2) is 19.4 Å². The summed E-state index contributed by atoms with van der Waals surface area (Å²) in [7, 11) is 0. The number of unbranched alkanes of at least 4 members (excludes halogenated alkanes) is 24. The summed E-state index contributed by atoms with van der Waals surface area (Å²) >= 11 is 0. The van der Waals surface area contributed by atoms with Gasteiger partial charge in [-0.05, 0) is 77.0 Å². The summed E-state index contributed by atoms with van der Waals surface area (Å²) in [4.78, 5) is 50.6. The second kappa shape index (κ2) is 38.5. The van der Waals surface area contributed by atoms with Crippen LogP contribution in [-0.4, -0.2) is 85.9 Å². The predicted octanol–water partition coefficient (Wildman–Crippen LogP) is 11.0. The largest absolute Gasteiger partial charge is 0.441 e. The molecular formula is C52H92O12. The topological polar surface area (TPSA) is 189 Å². The van der Waals surface area contributed by atoms with Crippen molar-refractivity contribution in [3.05, 3.63) is 36.5 Å². The molecule has 1 aliphatic rings. The van der Waals surface area contributed by atoms with E-state index in [1.54, 1.807) is 0 Å². The molecular weight excluding hydrogens is 817 g/mol. The third-order valence-electron chi connectivity index (χ3n) is 12.2. The molecule has 12 nitrogen and oxygen atoms in total. The number of ether oxygens (including phenoxy) is 2. The SMILES string of the molecule is CCCCC/C=C\C/C=C\CCCCCCC(OC(=O)CCCCCCCCC)(C(=O)OOC(=O)CCCCCCC/C=C\CCCCCCCC)C1(O)O[C@H](CO)[C@@H](O)[C@H](O)[C@H]1O. The molecule has 1 rings (SSSR count). The fourth-order valence-electron chi connectivity index (χ4n) is 8.09. The lowest BCUT2D eigenvalue weighted by atomic mass is 9.78. The van der Waals surface area contributed by atoms with Crippen molar-refractivity contribution < 1.29 is 59.2 Å². The van der Waals surface area contributed by atoms with Crippen LogP contribution in [0.15, 0.2) is 36.5 Å². The Morgan fingerprint density at radius 3 is 1.44 bits per heavy atom. The first-order valence-electron chi connectivity index (χ1n) is 25.7. The maximum absolute atomic E-state index is 14.2. The minimum absolute atomic E-state index is 0.0545. The number of hydrogen-bond donors (Lipinski definition) is 5. The highest BCUT2D eigenvalue weighted by Crippen LogP contribution is 2.43. The molecule has 0 amide bonds. The van der Waals surface area contributed by atoms with Gasteiger partial charge in [0.1, 0.15) is 24.4 Å². The van der Waals surface area contributed by atoms with Crippen molar-refractivity contribution in [2.45, 2.75) is 268 Å². The van der Waals surface area contributed by atoms with Crippen LogP contribution in [0.4, 0.5) is 0 Å². The summed E-state index contributed by atoms with van der Waals surface area (Å²) in [6.45, 7) is 5.63. The number of carbonyl (C=O) groups is 3. The van der Waals surface area contributed by atoms with E-state index in [-0.39, 0.29) is 19.3 Å². The zero-order valence-electron chi connectivity index (χ0n) is 40.4. The summed E-state index contributed by atoms with van der Waals surface area (Å²) in [5.41, 5.74) is -2.86. The molecule has 1 heterocycles. The van der Waals surface area contributed by atoms with Crippen LogP contribution >= 0.6 is 0 Å². The van der Waals surface area contributed by atoms with Gasteiger partial charge in [0.15, 0.2) is 0 Å². The first-order valence-corrected chi connectivity index (χ1v) is 25.7. The standard InChI is InChI=1S/C52H92O12/c1-4-7-10-13-16-18-20-22-24-25-27-29-32-35-38-41-46(55)63-64-50(59)51(62-45(54)40-37-34-31-15-12-9-6-3,52(60)49(58)48(57)47(56)44(43-53)61-52)42-39-36-33-30-28-26-23-21-19-17-14-11-8-5-2/h17,19,22-24,26,44,47-49,53,56-58,60H,4-16,18,20-21,25,27-43H2,1-3H3/b19-17-,24-22-,26-23-/t44-,47-,48+,49-,51?,52?/m1/s1. The molecule has 0 bridgehead atoms. The first kappa shape index (κ1) is 59.4. The zero-order chi connectivity index (χ0) is 47.2. The highest BCUT2D eigenvalue weighted by molar-refractivity contribution is 5.85. The van der Waals surface area contributed by atoms with Gasteiger partial charge >= 0.3 is 17.9 Å². The summed E-state index contributed by atoms with van der Waals surface area (Å²) in [6, 6.07) is 0. The fourth-order valence-corrected chi connectivity index (χ4v) is 8.09. The molecule has 1 fully saturated rings. The van der Waals surface area contributed by atoms with Gasteiger partial charge in [-0.15, -0.1) is 0 Å². The van der Waals surface area contributed by atoms with Gasteiger partial charge in [0.2, 0.25) is 5.79 Å². The molecule has 2 unspecified atom stereocenters. The lowest BCUT2D eigenvalue weighted by Crippen LogP contribution is -2.76. The van der Waals surface area contributed by atoms with E-state index in [0.717, 1.165) is 103 Å². The van der Waals surface area contributed by atoms with Crippen molar-refractivity contribution in [3.63, 3.8) is 0 Å². The van der Waals surface area contributed by atoms with E-state index in [4.69, 9.17) is 19.2 Å². The van der Waals surface area contributed by atoms with Gasteiger partial charge in [-0.2, -0.15) is 0 Å². The van der Waals surface area contributed by atoms with E-state index in [1.165, 1.54) is 57.8 Å². The maximum atomic E-state index is 14.2. The van der Waals surface area contributed by atoms with E-state index >= 15 is 0 Å². The molecule has 0 aromatic rings. The van der Waals surface area contributed by atoms with Gasteiger partial charge in [-0.3, -0.25) is 4.79 Å². The number of aliphatic hydroxyl groups is 5. The van der Waals surface area contributed by atoms with E-state index in [1.807, 2.05) is 0 Å². The number of esters is 1. The van der Waals surface area contributed by atoms with E-state index < -0.39 is 66.7 Å². The highest BCUT2D eigenvalue weighted by atomic mass is 17.2. The zero-order valence-corrected chi connectivity index (χ0v) is 40.4. The molecule has 1 aliphatic heterocycles. The monoisotopic (exact) mass is 909 g/mol. The van der Waals surface area contributed by atoms with Crippen LogP contribution in [-0.2, 0) is 33.6 Å². The van der Waals surface area contributed by atoms with Gasteiger partial charge < -0.3 is 35.0 Å². The molecule has 0 aromatic heterocycles. The number of aliphatic hydroxyl groups excluding tert-OH is 4. The van der Waals surface area contributed by atoms with Crippen LogP contribution in [0.25, 0.3) is 0 Å². The molecule has 0 spiro atoms. The van der Waals surface area contributed by atoms with Crippen LogP contribution in [0, 0.1) is 0 Å². The Balaban J connectivity index is 2.99. The van der Waals surface area contributed by atoms with E-state index in [0.29, 0.717) is 25.7 Å². The Bertz CT molecular complexity index is 1270. The number of allylic oxidation sites excluding steroid dienone is 6. The molecule has 0 radical (unpaired) electrons. The summed E-state index contributed by atoms with van der Waals surface area (Å²) in [5, 5.41) is 54.9. The number of rotatable bonds is 40. The Labute approximate surface area is 387 Å². The summed E-state index contributed by atoms with van der Waals surface area (Å²) in [5.74, 6) is -6.49. The predicted molar refractivity (Wildman–Crippen MR) is 253 cm³/mol. The quantitative estimate of drug-likeness (QED) is 0.0129. The second-order valence-corrected chi connectivity index (χ2v) is 17.9. The highest BCUT2D eigenvalue weighted by Gasteiger charge is 2.70. The minimum atomic E-state index is -3.21. The summed E-state index contributed by atoms with van der Waals surface area (Å²) < 4.78 is 11.5. The molecule has 12 heteroatoms. The van der Waals surface area contributed by atoms with Crippen molar-refractivity contribution in [3.8, 4) is 0 Å². The van der Waals surface area contributed by atoms with Crippen molar-refractivity contribution in [1.82, 2.24) is 0 Å². The van der Waals surface area contributed by atoms with Crippen molar-refractivity contribution in [2.24, 2.45) is 0 Å². The molecule has 0 aromatic carbocycles. The molecule has 64 heavy (non-hydrogen) atoms. The fraction of sp³-hybridized carbons (Fsp3) is 0.827. The number of hydrogen-bond acceptors (Lipinski definition) is 12. The maximum Gasteiger partial charge on any atom is 0.404 e. The van der Waals surface area contributed by atoms with E-state index in [9.17, 15) is 39.9 Å². The van der Waals surface area contributed by atoms with Crippen LogP contribution in [0.5, 0.6) is 0 Å². The third kappa shape index (κ3) is 24.8. The Morgan fingerprint density at radius 2 is 0.938 bits per heavy atom. The smallest absolute Gasteiger partial charge is 0.404 e. The Kier molecular flexibility index (Phi) is 35.7. The van der Waals surface area contributed by atoms with E-state index in [2.05, 4.69) is 57.2 Å². The number of carbonyl (C=O) groups excluding carboxylic acids is 3. The lowest BCUT2D eigenvalue weighted by molar-refractivity contribution is -0.401. The Hall–Kier alpha value is -2.61. The molecule has 0 aliphatic carbocycles. The second-order valence-electron chi connectivity index (χ2n) is 17.9. The molecule has 0 saturated carbocycles. The van der Waals surface area contributed by atoms with Gasteiger partial charge in [0.25, 0.3) is 5.60 Å². The average Bonchev–Trinajstić information content (AvgIpc) is 3.29. The van der Waals surface area contributed by atoms with Crippen LogP contribution < -0.4 is 0 Å². The van der Waals surface area contributed by atoms with Gasteiger partial charge in [0.05, 0.1) is 13.0 Å². The Morgan fingerprint density at radius 1 is 0.531 bits per heavy atom. The van der Waals surface area contributed by atoms with Crippen molar-refractivity contribution >= 4 is 17.9 Å². The minimum Gasteiger partial charge on any atom is -0.441 e. The normalized spacial score (nSPS) is 21.2. The van der Waals surface area contributed by atoms with Gasteiger partial charge in [0, 0.05) is 12.8 Å². The molecule has 5 N–H and O–H groups in total. The van der Waals surface area contributed by atoms with Crippen LogP contribution in [0.2, 0.25) is 0 Å². The molecule has 372 valence electrons. The first-order chi connectivity index (χ1) is 31.0. The molecule has 6 atom stereocenters. The van der Waals surface area contributed by atoms with Crippen molar-refractivity contribution in [2.75, 3.05) is 6.61 Å². The third-order valence-corrected chi connectivity index (χ3v) is 12.2. The average molecular weight is 909 g/mol. The summed E-state index contributed by atoms with van der Waals surface area (Å²) in [6.07, 6.45) is 33.5. The van der Waals surface area contributed by atoms with Gasteiger partial charge in [-0.1, -0.05) is 173 Å². The van der Waals surface area contributed by atoms with Crippen LogP contribution in [0.3, 0.4) is 0 Å². The van der Waals surface area contributed by atoms with Crippen molar-refractivity contribution in [1.29, 1.82) is 0 Å².